The Labute approximate surface area is 129 Å². The number of benzene rings is 2. The molecule has 110 valence electrons. The SMILES string of the molecule is COc1ccccc1NC(=O)/C(C#N)=C\c1cccc(C)c1. The number of para-hydroxylation sites is 2. The van der Waals surface area contributed by atoms with Crippen molar-refractivity contribution in [1.29, 1.82) is 5.26 Å². The monoisotopic (exact) mass is 292 g/mol. The Morgan fingerprint density at radius 3 is 2.68 bits per heavy atom. The van der Waals surface area contributed by atoms with Gasteiger partial charge in [0.1, 0.15) is 17.4 Å². The van der Waals surface area contributed by atoms with Crippen molar-refractivity contribution < 1.29 is 9.53 Å². The van der Waals surface area contributed by atoms with E-state index in [1.807, 2.05) is 43.3 Å². The topological polar surface area (TPSA) is 62.1 Å². The fourth-order valence-electron chi connectivity index (χ4n) is 2.01. The van der Waals surface area contributed by atoms with Gasteiger partial charge in [-0.1, -0.05) is 42.0 Å². The summed E-state index contributed by atoms with van der Waals surface area (Å²) in [7, 11) is 1.53. The predicted octanol–water partition coefficient (Wildman–Crippen LogP) is 3.55. The number of carbonyl (C=O) groups is 1. The first-order chi connectivity index (χ1) is 10.6. The highest BCUT2D eigenvalue weighted by atomic mass is 16.5. The lowest BCUT2D eigenvalue weighted by atomic mass is 10.1. The first kappa shape index (κ1) is 15.3. The minimum atomic E-state index is -0.464. The molecule has 1 amide bonds. The van der Waals surface area contributed by atoms with Crippen molar-refractivity contribution >= 4 is 17.7 Å². The molecule has 0 saturated heterocycles. The van der Waals surface area contributed by atoms with Crippen LogP contribution in [0, 0.1) is 18.3 Å². The Hall–Kier alpha value is -3.06. The van der Waals surface area contributed by atoms with Gasteiger partial charge in [0, 0.05) is 0 Å². The van der Waals surface area contributed by atoms with Crippen LogP contribution < -0.4 is 10.1 Å². The number of aryl methyl sites for hydroxylation is 1. The molecule has 0 aliphatic rings. The van der Waals surface area contributed by atoms with E-state index in [-0.39, 0.29) is 5.57 Å². The molecule has 4 nitrogen and oxygen atoms in total. The zero-order chi connectivity index (χ0) is 15.9. The molecule has 0 aliphatic carbocycles. The van der Waals surface area contributed by atoms with Gasteiger partial charge in [0.05, 0.1) is 12.8 Å². The van der Waals surface area contributed by atoms with Crippen molar-refractivity contribution in [1.82, 2.24) is 0 Å². The van der Waals surface area contributed by atoms with Crippen LogP contribution in [0.1, 0.15) is 11.1 Å². The molecule has 0 unspecified atom stereocenters. The van der Waals surface area contributed by atoms with E-state index < -0.39 is 5.91 Å². The number of ether oxygens (including phenoxy) is 1. The number of hydrogen-bond donors (Lipinski definition) is 1. The quantitative estimate of drug-likeness (QED) is 0.692. The van der Waals surface area contributed by atoms with Gasteiger partial charge in [0.2, 0.25) is 0 Å². The molecule has 0 radical (unpaired) electrons. The van der Waals surface area contributed by atoms with Crippen molar-refractivity contribution in [3.8, 4) is 11.8 Å². The number of nitrogens with zero attached hydrogens (tertiary/aromatic N) is 1. The highest BCUT2D eigenvalue weighted by Crippen LogP contribution is 2.23. The van der Waals surface area contributed by atoms with Gasteiger partial charge < -0.3 is 10.1 Å². The summed E-state index contributed by atoms with van der Waals surface area (Å²) in [4.78, 5) is 12.2. The summed E-state index contributed by atoms with van der Waals surface area (Å²) in [5, 5.41) is 11.9. The summed E-state index contributed by atoms with van der Waals surface area (Å²) in [6.07, 6.45) is 1.57. The lowest BCUT2D eigenvalue weighted by Crippen LogP contribution is -2.14. The molecule has 0 aliphatic heterocycles. The van der Waals surface area contributed by atoms with Gasteiger partial charge in [-0.2, -0.15) is 5.26 Å². The summed E-state index contributed by atoms with van der Waals surface area (Å²) in [5.74, 6) is 0.0807. The molecule has 0 fully saturated rings. The van der Waals surface area contributed by atoms with Crippen LogP contribution in [-0.2, 0) is 4.79 Å². The van der Waals surface area contributed by atoms with Crippen LogP contribution in [0.4, 0.5) is 5.69 Å². The van der Waals surface area contributed by atoms with Crippen LogP contribution in [0.3, 0.4) is 0 Å². The predicted molar refractivity (Wildman–Crippen MR) is 86.4 cm³/mol. The zero-order valence-corrected chi connectivity index (χ0v) is 12.5. The maximum Gasteiger partial charge on any atom is 0.266 e. The van der Waals surface area contributed by atoms with Gasteiger partial charge in [-0.05, 0) is 30.7 Å². The third kappa shape index (κ3) is 3.74. The van der Waals surface area contributed by atoms with Gasteiger partial charge in [0.15, 0.2) is 0 Å². The van der Waals surface area contributed by atoms with Crippen LogP contribution >= 0.6 is 0 Å². The van der Waals surface area contributed by atoms with E-state index >= 15 is 0 Å². The Kier molecular flexibility index (Phi) is 4.94. The van der Waals surface area contributed by atoms with E-state index in [1.54, 1.807) is 24.3 Å². The Bertz CT molecular complexity index is 758. The number of anilines is 1. The van der Waals surface area contributed by atoms with Crippen molar-refractivity contribution in [2.45, 2.75) is 6.92 Å². The number of carbonyl (C=O) groups excluding carboxylic acids is 1. The molecule has 22 heavy (non-hydrogen) atoms. The standard InChI is InChI=1S/C18H16N2O2/c1-13-6-5-7-14(10-13)11-15(12-19)18(21)20-16-8-3-4-9-17(16)22-2/h3-11H,1-2H3,(H,20,21)/b15-11-. The first-order valence-electron chi connectivity index (χ1n) is 6.77. The fourth-order valence-corrected chi connectivity index (χ4v) is 2.01. The van der Waals surface area contributed by atoms with Crippen molar-refractivity contribution in [3.05, 3.63) is 65.2 Å². The molecule has 0 aromatic heterocycles. The maximum atomic E-state index is 12.2. The van der Waals surface area contributed by atoms with Gasteiger partial charge >= 0.3 is 0 Å². The summed E-state index contributed by atoms with van der Waals surface area (Å²) in [5.41, 5.74) is 2.44. The smallest absolute Gasteiger partial charge is 0.266 e. The summed E-state index contributed by atoms with van der Waals surface area (Å²) >= 11 is 0. The van der Waals surface area contributed by atoms with E-state index in [1.165, 1.54) is 7.11 Å². The normalized spacial score (nSPS) is 10.7. The Morgan fingerprint density at radius 1 is 1.23 bits per heavy atom. The van der Waals surface area contributed by atoms with Gasteiger partial charge in [0.25, 0.3) is 5.91 Å². The van der Waals surface area contributed by atoms with Crippen molar-refractivity contribution in [3.63, 3.8) is 0 Å². The third-order valence-electron chi connectivity index (χ3n) is 3.07. The highest BCUT2D eigenvalue weighted by Gasteiger charge is 2.12. The van der Waals surface area contributed by atoms with Gasteiger partial charge in [-0.25, -0.2) is 0 Å². The summed E-state index contributed by atoms with van der Waals surface area (Å²) < 4.78 is 5.18. The molecule has 0 atom stereocenters. The van der Waals surface area contributed by atoms with E-state index in [0.717, 1.165) is 11.1 Å². The van der Waals surface area contributed by atoms with Crippen LogP contribution in [0.25, 0.3) is 6.08 Å². The highest BCUT2D eigenvalue weighted by molar-refractivity contribution is 6.10. The van der Waals surface area contributed by atoms with Crippen LogP contribution in [0.5, 0.6) is 5.75 Å². The lowest BCUT2D eigenvalue weighted by Gasteiger charge is -2.09. The molecule has 1 N–H and O–H groups in total. The molecule has 2 rings (SSSR count). The van der Waals surface area contributed by atoms with E-state index in [9.17, 15) is 10.1 Å². The van der Waals surface area contributed by atoms with Crippen LogP contribution in [-0.4, -0.2) is 13.0 Å². The number of rotatable bonds is 4. The summed E-state index contributed by atoms with van der Waals surface area (Å²) in [6, 6.07) is 16.6. The number of methoxy groups -OCH3 is 1. The molecule has 4 heteroatoms. The van der Waals surface area contributed by atoms with Gasteiger partial charge in [-0.3, -0.25) is 4.79 Å². The average Bonchev–Trinajstić information content (AvgIpc) is 2.53. The maximum absolute atomic E-state index is 12.2. The van der Waals surface area contributed by atoms with E-state index in [2.05, 4.69) is 5.32 Å². The van der Waals surface area contributed by atoms with Crippen molar-refractivity contribution in [2.75, 3.05) is 12.4 Å². The number of hydrogen-bond acceptors (Lipinski definition) is 3. The van der Waals surface area contributed by atoms with Crippen molar-refractivity contribution in [2.24, 2.45) is 0 Å². The number of nitriles is 1. The summed E-state index contributed by atoms with van der Waals surface area (Å²) in [6.45, 7) is 1.96. The number of nitrogens with one attached hydrogen (secondary N) is 1. The van der Waals surface area contributed by atoms with E-state index in [0.29, 0.717) is 11.4 Å². The first-order valence-corrected chi connectivity index (χ1v) is 6.77. The molecule has 0 bridgehead atoms. The molecular weight excluding hydrogens is 276 g/mol. The van der Waals surface area contributed by atoms with Crippen LogP contribution in [0.2, 0.25) is 0 Å². The minimum Gasteiger partial charge on any atom is -0.495 e. The molecule has 0 saturated carbocycles. The minimum absolute atomic E-state index is 0.0384. The number of amides is 1. The largest absolute Gasteiger partial charge is 0.495 e. The lowest BCUT2D eigenvalue weighted by molar-refractivity contribution is -0.112. The molecular formula is C18H16N2O2. The molecule has 0 spiro atoms. The molecule has 2 aromatic rings. The fraction of sp³-hybridized carbons (Fsp3) is 0.111. The zero-order valence-electron chi connectivity index (χ0n) is 12.5. The van der Waals surface area contributed by atoms with Gasteiger partial charge in [-0.15, -0.1) is 0 Å². The average molecular weight is 292 g/mol. The molecule has 0 heterocycles. The Morgan fingerprint density at radius 2 is 2.00 bits per heavy atom. The van der Waals surface area contributed by atoms with E-state index in [4.69, 9.17) is 4.74 Å². The second-order valence-electron chi connectivity index (χ2n) is 4.74. The third-order valence-corrected chi connectivity index (χ3v) is 3.07. The second kappa shape index (κ2) is 7.09. The second-order valence-corrected chi connectivity index (χ2v) is 4.74. The Balaban J connectivity index is 2.25. The van der Waals surface area contributed by atoms with Crippen LogP contribution in [0.15, 0.2) is 54.1 Å². The molecule has 2 aromatic carbocycles.